The van der Waals surface area contributed by atoms with Crippen molar-refractivity contribution in [3.05, 3.63) is 66.2 Å². The average Bonchev–Trinajstić information content (AvgIpc) is 2.60. The second-order valence-corrected chi connectivity index (χ2v) is 7.94. The Hall–Kier alpha value is -3.07. The number of fused-ring (bicyclic) bond motifs is 1. The molecular formula is C18H15FN4O3S. The normalized spacial score (nSPS) is 14.8. The van der Waals surface area contributed by atoms with Gasteiger partial charge in [0.1, 0.15) is 5.82 Å². The van der Waals surface area contributed by atoms with E-state index in [0.29, 0.717) is 13.1 Å². The molecular weight excluding hydrogens is 371 g/mol. The van der Waals surface area contributed by atoms with Crippen LogP contribution in [0.1, 0.15) is 11.6 Å². The largest absolute Gasteiger partial charge is 0.331 e. The molecule has 0 atom stereocenters. The number of halogens is 1. The van der Waals surface area contributed by atoms with E-state index < -0.39 is 21.9 Å². The quantitative estimate of drug-likeness (QED) is 0.745. The molecule has 9 heteroatoms. The Morgan fingerprint density at radius 2 is 1.85 bits per heavy atom. The van der Waals surface area contributed by atoms with Crippen LogP contribution in [0.5, 0.6) is 0 Å². The van der Waals surface area contributed by atoms with Crippen LogP contribution in [0.15, 0.2) is 59.6 Å². The molecule has 1 aliphatic rings. The van der Waals surface area contributed by atoms with Crippen LogP contribution in [0, 0.1) is 5.82 Å². The van der Waals surface area contributed by atoms with E-state index in [0.717, 1.165) is 28.9 Å². The van der Waals surface area contributed by atoms with E-state index in [2.05, 4.69) is 9.97 Å². The molecule has 0 radical (unpaired) electrons. The molecule has 0 unspecified atom stereocenters. The monoisotopic (exact) mass is 386 g/mol. The van der Waals surface area contributed by atoms with Gasteiger partial charge in [0.25, 0.3) is 10.0 Å². The number of para-hydroxylation sites is 2. The smallest absolute Gasteiger partial charge is 0.323 e. The highest BCUT2D eigenvalue weighted by molar-refractivity contribution is 7.90. The van der Waals surface area contributed by atoms with E-state index in [1.165, 1.54) is 17.0 Å². The number of hydrogen-bond donors (Lipinski definition) is 1. The lowest BCUT2D eigenvalue weighted by Gasteiger charge is -2.38. The molecule has 1 aliphatic heterocycles. The molecule has 138 valence electrons. The number of sulfonamides is 1. The molecule has 1 aromatic heterocycles. The third kappa shape index (κ3) is 3.45. The fourth-order valence-corrected chi connectivity index (χ4v) is 3.87. The number of likely N-dealkylation sites (tertiary alicyclic amines) is 1. The molecule has 1 N–H and O–H groups in total. The Morgan fingerprint density at radius 1 is 1.11 bits per heavy atom. The SMILES string of the molecule is O=C(NS(=O)(=O)c1cccc(F)c1)N1CC(c2cnc3ccccc3n2)C1. The molecule has 0 aliphatic carbocycles. The zero-order valence-electron chi connectivity index (χ0n) is 14.0. The van der Waals surface area contributed by atoms with E-state index in [-0.39, 0.29) is 10.8 Å². The van der Waals surface area contributed by atoms with Crippen LogP contribution in [0.25, 0.3) is 11.0 Å². The van der Waals surface area contributed by atoms with E-state index >= 15 is 0 Å². The lowest BCUT2D eigenvalue weighted by Crippen LogP contribution is -2.53. The molecule has 2 heterocycles. The number of hydrogen-bond acceptors (Lipinski definition) is 5. The highest BCUT2D eigenvalue weighted by Crippen LogP contribution is 2.26. The first kappa shape index (κ1) is 17.3. The summed E-state index contributed by atoms with van der Waals surface area (Å²) in [5, 5.41) is 0. The fraction of sp³-hybridized carbons (Fsp3) is 0.167. The summed E-state index contributed by atoms with van der Waals surface area (Å²) in [4.78, 5) is 22.1. The van der Waals surface area contributed by atoms with Crippen molar-refractivity contribution in [2.75, 3.05) is 13.1 Å². The Kier molecular flexibility index (Phi) is 4.23. The molecule has 4 rings (SSSR count). The zero-order valence-corrected chi connectivity index (χ0v) is 14.9. The van der Waals surface area contributed by atoms with Gasteiger partial charge >= 0.3 is 6.03 Å². The average molecular weight is 386 g/mol. The van der Waals surface area contributed by atoms with Crippen molar-refractivity contribution in [1.29, 1.82) is 0 Å². The first-order valence-electron chi connectivity index (χ1n) is 8.21. The fourth-order valence-electron chi connectivity index (χ4n) is 2.87. The van der Waals surface area contributed by atoms with Crippen LogP contribution < -0.4 is 4.72 Å². The number of carbonyl (C=O) groups excluding carboxylic acids is 1. The lowest BCUT2D eigenvalue weighted by molar-refractivity contribution is 0.155. The topological polar surface area (TPSA) is 92.3 Å². The number of benzene rings is 2. The molecule has 2 aromatic carbocycles. The number of amides is 2. The summed E-state index contributed by atoms with van der Waals surface area (Å²) >= 11 is 0. The van der Waals surface area contributed by atoms with Gasteiger partial charge in [-0.25, -0.2) is 27.3 Å². The maximum atomic E-state index is 13.2. The molecule has 2 amide bonds. The number of urea groups is 1. The highest BCUT2D eigenvalue weighted by Gasteiger charge is 2.34. The first-order valence-corrected chi connectivity index (χ1v) is 9.70. The van der Waals surface area contributed by atoms with Crippen LogP contribution in [0.2, 0.25) is 0 Å². The second kappa shape index (κ2) is 6.58. The van der Waals surface area contributed by atoms with Gasteiger partial charge in [-0.3, -0.25) is 4.98 Å². The summed E-state index contributed by atoms with van der Waals surface area (Å²) in [5.74, 6) is -0.700. The number of aromatic nitrogens is 2. The second-order valence-electron chi connectivity index (χ2n) is 6.25. The van der Waals surface area contributed by atoms with Gasteiger partial charge < -0.3 is 4.90 Å². The predicted octanol–water partition coefficient (Wildman–Crippen LogP) is 2.27. The highest BCUT2D eigenvalue weighted by atomic mass is 32.2. The molecule has 1 fully saturated rings. The van der Waals surface area contributed by atoms with Crippen molar-refractivity contribution < 1.29 is 17.6 Å². The van der Waals surface area contributed by atoms with Crippen LogP contribution in [-0.2, 0) is 10.0 Å². The predicted molar refractivity (Wildman–Crippen MR) is 96.0 cm³/mol. The van der Waals surface area contributed by atoms with Crippen molar-refractivity contribution in [1.82, 2.24) is 19.6 Å². The summed E-state index contributed by atoms with van der Waals surface area (Å²) in [6.45, 7) is 0.662. The third-order valence-electron chi connectivity index (χ3n) is 4.38. The molecule has 0 saturated carbocycles. The first-order chi connectivity index (χ1) is 12.9. The van der Waals surface area contributed by atoms with Crippen molar-refractivity contribution in [3.8, 4) is 0 Å². The van der Waals surface area contributed by atoms with Gasteiger partial charge in [0.2, 0.25) is 0 Å². The minimum absolute atomic E-state index is 0.00951. The molecule has 0 spiro atoms. The van der Waals surface area contributed by atoms with Crippen LogP contribution >= 0.6 is 0 Å². The molecule has 7 nitrogen and oxygen atoms in total. The van der Waals surface area contributed by atoms with Crippen molar-refractivity contribution in [2.24, 2.45) is 0 Å². The number of nitrogens with zero attached hydrogens (tertiary/aromatic N) is 3. The Morgan fingerprint density at radius 3 is 2.59 bits per heavy atom. The summed E-state index contributed by atoms with van der Waals surface area (Å²) in [7, 11) is -4.12. The molecule has 0 bridgehead atoms. The summed E-state index contributed by atoms with van der Waals surface area (Å²) in [6, 6.07) is 11.2. The minimum Gasteiger partial charge on any atom is -0.323 e. The number of rotatable bonds is 3. The molecule has 1 saturated heterocycles. The number of carbonyl (C=O) groups is 1. The van der Waals surface area contributed by atoms with Crippen LogP contribution in [-0.4, -0.2) is 42.4 Å². The Bertz CT molecular complexity index is 1130. The Balaban J connectivity index is 1.42. The molecule has 27 heavy (non-hydrogen) atoms. The summed E-state index contributed by atoms with van der Waals surface area (Å²) in [6.07, 6.45) is 1.67. The minimum atomic E-state index is -4.12. The van der Waals surface area contributed by atoms with Crippen molar-refractivity contribution >= 4 is 27.1 Å². The molecule has 3 aromatic rings. The van der Waals surface area contributed by atoms with E-state index in [1.807, 2.05) is 29.0 Å². The van der Waals surface area contributed by atoms with E-state index in [1.54, 1.807) is 6.20 Å². The standard InChI is InChI=1S/C18H15FN4O3S/c19-13-4-3-5-14(8-13)27(25,26)22-18(24)23-10-12(11-23)17-9-20-15-6-1-2-7-16(15)21-17/h1-9,12H,10-11H2,(H,22,24). The van der Waals surface area contributed by atoms with Gasteiger partial charge in [-0.05, 0) is 30.3 Å². The zero-order chi connectivity index (χ0) is 19.0. The third-order valence-corrected chi connectivity index (χ3v) is 5.70. The lowest BCUT2D eigenvalue weighted by atomic mass is 9.97. The van der Waals surface area contributed by atoms with Gasteiger partial charge in [-0.15, -0.1) is 0 Å². The van der Waals surface area contributed by atoms with Gasteiger partial charge in [0.05, 0.1) is 21.6 Å². The maximum Gasteiger partial charge on any atom is 0.331 e. The van der Waals surface area contributed by atoms with Crippen molar-refractivity contribution in [2.45, 2.75) is 10.8 Å². The van der Waals surface area contributed by atoms with E-state index in [4.69, 9.17) is 0 Å². The Labute approximate surface area is 154 Å². The van der Waals surface area contributed by atoms with Gasteiger partial charge in [0, 0.05) is 25.2 Å². The van der Waals surface area contributed by atoms with Crippen molar-refractivity contribution in [3.63, 3.8) is 0 Å². The maximum absolute atomic E-state index is 13.2. The van der Waals surface area contributed by atoms with Gasteiger partial charge in [-0.2, -0.15) is 0 Å². The van der Waals surface area contributed by atoms with Gasteiger partial charge in [0.15, 0.2) is 0 Å². The van der Waals surface area contributed by atoms with Crippen LogP contribution in [0.4, 0.5) is 9.18 Å². The van der Waals surface area contributed by atoms with E-state index in [9.17, 15) is 17.6 Å². The van der Waals surface area contributed by atoms with Gasteiger partial charge in [-0.1, -0.05) is 18.2 Å². The number of nitrogens with one attached hydrogen (secondary N) is 1. The summed E-state index contributed by atoms with van der Waals surface area (Å²) < 4.78 is 39.6. The summed E-state index contributed by atoms with van der Waals surface area (Å²) in [5.41, 5.74) is 2.31. The van der Waals surface area contributed by atoms with Crippen LogP contribution in [0.3, 0.4) is 0 Å².